The van der Waals surface area contributed by atoms with E-state index in [9.17, 15) is 4.79 Å². The molecule has 0 aromatic heterocycles. The van der Waals surface area contributed by atoms with E-state index in [1.165, 1.54) is 19.6 Å². The molecule has 5 heteroatoms. The topological polar surface area (TPSA) is 59.0 Å². The zero-order chi connectivity index (χ0) is 15.1. The quantitative estimate of drug-likeness (QED) is 0.852. The average molecular weight is 275 g/mol. The van der Waals surface area contributed by atoms with E-state index in [-0.39, 0.29) is 13.2 Å². The van der Waals surface area contributed by atoms with Crippen LogP contribution in [-0.4, -0.2) is 54.6 Å². The molecule has 0 spiro atoms. The highest BCUT2D eigenvalue weighted by atomic mass is 16.7. The lowest BCUT2D eigenvalue weighted by molar-refractivity contribution is -0.280. The molecule has 0 amide bonds. The lowest BCUT2D eigenvalue weighted by Crippen LogP contribution is -2.48. The Hall–Kier alpha value is -0.650. The van der Waals surface area contributed by atoms with Gasteiger partial charge in [-0.3, -0.25) is 4.79 Å². The summed E-state index contributed by atoms with van der Waals surface area (Å²) >= 11 is 0. The van der Waals surface area contributed by atoms with Gasteiger partial charge in [0, 0.05) is 0 Å². The van der Waals surface area contributed by atoms with Crippen molar-refractivity contribution in [1.29, 1.82) is 0 Å². The van der Waals surface area contributed by atoms with Gasteiger partial charge in [0.25, 0.3) is 0 Å². The van der Waals surface area contributed by atoms with Crippen molar-refractivity contribution < 1.29 is 19.4 Å². The normalized spacial score (nSPS) is 20.6. The molecule has 1 saturated heterocycles. The third-order valence-corrected chi connectivity index (χ3v) is 3.33. The predicted octanol–water partition coefficient (Wildman–Crippen LogP) is 2.21. The van der Waals surface area contributed by atoms with Gasteiger partial charge in [0.15, 0.2) is 5.79 Å². The van der Waals surface area contributed by atoms with Crippen LogP contribution in [0.3, 0.4) is 0 Å². The molecule has 0 aliphatic carbocycles. The lowest BCUT2D eigenvalue weighted by atomic mass is 9.92. The molecule has 1 aliphatic rings. The van der Waals surface area contributed by atoms with Crippen molar-refractivity contribution in [1.82, 2.24) is 4.90 Å². The molecular formula is C14H29NO4. The summed E-state index contributed by atoms with van der Waals surface area (Å²) in [6, 6.07) is 0. The summed E-state index contributed by atoms with van der Waals surface area (Å²) in [5.41, 5.74) is -0.893. The molecule has 0 aromatic rings. The summed E-state index contributed by atoms with van der Waals surface area (Å²) in [6.45, 7) is 15.7. The fraction of sp³-hybridized carbons (Fsp3) is 0.929. The predicted molar refractivity (Wildman–Crippen MR) is 75.2 cm³/mol. The van der Waals surface area contributed by atoms with Crippen molar-refractivity contribution in [3.63, 3.8) is 0 Å². The summed E-state index contributed by atoms with van der Waals surface area (Å²) in [4.78, 5) is 13.1. The first kappa shape index (κ1) is 18.4. The van der Waals surface area contributed by atoms with E-state index in [1.54, 1.807) is 20.8 Å². The highest BCUT2D eigenvalue weighted by Crippen LogP contribution is 2.29. The monoisotopic (exact) mass is 275 g/mol. The standard InChI is InChI=1S/C8H14O4.C6H15N/c1-7(2)11-4-8(3,5-12-7)6(9)10;1-4-7(5-2)6-3/h4-5H2,1-3H3,(H,9,10);4-6H2,1-3H3. The smallest absolute Gasteiger partial charge is 0.314 e. The summed E-state index contributed by atoms with van der Waals surface area (Å²) in [5.74, 6) is -1.52. The van der Waals surface area contributed by atoms with Crippen LogP contribution in [0.1, 0.15) is 41.5 Å². The summed E-state index contributed by atoms with van der Waals surface area (Å²) in [5, 5.41) is 8.81. The molecular weight excluding hydrogens is 246 g/mol. The number of carboxylic acids is 1. The third kappa shape index (κ3) is 6.36. The molecule has 1 N–H and O–H groups in total. The molecule has 1 rings (SSSR count). The van der Waals surface area contributed by atoms with Crippen LogP contribution in [0.2, 0.25) is 0 Å². The van der Waals surface area contributed by atoms with Crippen molar-refractivity contribution in [3.05, 3.63) is 0 Å². The Morgan fingerprint density at radius 2 is 1.42 bits per heavy atom. The van der Waals surface area contributed by atoms with E-state index >= 15 is 0 Å². The second-order valence-electron chi connectivity index (χ2n) is 5.46. The van der Waals surface area contributed by atoms with Gasteiger partial charge in [-0.1, -0.05) is 20.8 Å². The van der Waals surface area contributed by atoms with Crippen molar-refractivity contribution >= 4 is 5.97 Å². The molecule has 0 aromatic carbocycles. The lowest BCUT2D eigenvalue weighted by Gasteiger charge is -2.38. The number of aliphatic carboxylic acids is 1. The van der Waals surface area contributed by atoms with E-state index in [0.717, 1.165) is 0 Å². The van der Waals surface area contributed by atoms with Gasteiger partial charge >= 0.3 is 5.97 Å². The van der Waals surface area contributed by atoms with Gasteiger partial charge in [0.2, 0.25) is 0 Å². The number of carbonyl (C=O) groups is 1. The second kappa shape index (κ2) is 7.82. The van der Waals surface area contributed by atoms with E-state index < -0.39 is 17.2 Å². The minimum absolute atomic E-state index is 0.204. The summed E-state index contributed by atoms with van der Waals surface area (Å²) in [7, 11) is 0. The molecule has 0 unspecified atom stereocenters. The zero-order valence-electron chi connectivity index (χ0n) is 13.2. The number of nitrogens with zero attached hydrogens (tertiary/aromatic N) is 1. The number of hydrogen-bond donors (Lipinski definition) is 1. The Kier molecular flexibility index (Phi) is 7.55. The van der Waals surface area contributed by atoms with E-state index in [0.29, 0.717) is 0 Å². The SMILES string of the molecule is CC1(C)OCC(C)(C(=O)O)CO1.CCN(CC)CC. The van der Waals surface area contributed by atoms with Gasteiger partial charge in [-0.05, 0) is 40.4 Å². The van der Waals surface area contributed by atoms with Gasteiger partial charge < -0.3 is 19.5 Å². The first-order chi connectivity index (χ1) is 8.70. The molecule has 0 atom stereocenters. The highest BCUT2D eigenvalue weighted by Gasteiger charge is 2.42. The van der Waals surface area contributed by atoms with Crippen LogP contribution >= 0.6 is 0 Å². The number of ether oxygens (including phenoxy) is 2. The van der Waals surface area contributed by atoms with Gasteiger partial charge in [0.1, 0.15) is 5.41 Å². The number of hydrogen-bond acceptors (Lipinski definition) is 4. The average Bonchev–Trinajstić information content (AvgIpc) is 2.36. The molecule has 1 heterocycles. The number of carboxylic acid groups (broad SMARTS) is 1. The largest absolute Gasteiger partial charge is 0.481 e. The zero-order valence-corrected chi connectivity index (χ0v) is 13.2. The maximum Gasteiger partial charge on any atom is 0.314 e. The number of rotatable bonds is 4. The first-order valence-electron chi connectivity index (χ1n) is 6.94. The van der Waals surface area contributed by atoms with Crippen LogP contribution in [0.25, 0.3) is 0 Å². The van der Waals surface area contributed by atoms with Crippen LogP contribution < -0.4 is 0 Å². The maximum atomic E-state index is 10.7. The van der Waals surface area contributed by atoms with Crippen LogP contribution in [0.5, 0.6) is 0 Å². The fourth-order valence-corrected chi connectivity index (χ4v) is 1.54. The molecule has 0 radical (unpaired) electrons. The third-order valence-electron chi connectivity index (χ3n) is 3.33. The Labute approximate surface area is 116 Å². The minimum Gasteiger partial charge on any atom is -0.481 e. The van der Waals surface area contributed by atoms with Crippen LogP contribution in [0.4, 0.5) is 0 Å². The second-order valence-corrected chi connectivity index (χ2v) is 5.46. The Balaban J connectivity index is 0.000000399. The van der Waals surface area contributed by atoms with E-state index in [1.807, 2.05) is 0 Å². The molecule has 0 bridgehead atoms. The van der Waals surface area contributed by atoms with Gasteiger partial charge in [-0.25, -0.2) is 0 Å². The van der Waals surface area contributed by atoms with Crippen LogP contribution in [0.15, 0.2) is 0 Å². The van der Waals surface area contributed by atoms with E-state index in [4.69, 9.17) is 14.6 Å². The summed E-state index contributed by atoms with van der Waals surface area (Å²) in [6.07, 6.45) is 0. The van der Waals surface area contributed by atoms with Gasteiger partial charge in [0.05, 0.1) is 13.2 Å². The van der Waals surface area contributed by atoms with Crippen molar-refractivity contribution in [3.8, 4) is 0 Å². The summed E-state index contributed by atoms with van der Waals surface area (Å²) < 4.78 is 10.5. The molecule has 1 aliphatic heterocycles. The Morgan fingerprint density at radius 3 is 1.63 bits per heavy atom. The highest BCUT2D eigenvalue weighted by molar-refractivity contribution is 5.74. The minimum atomic E-state index is -0.893. The van der Waals surface area contributed by atoms with Crippen molar-refractivity contribution in [2.45, 2.75) is 47.3 Å². The molecule has 5 nitrogen and oxygen atoms in total. The maximum absolute atomic E-state index is 10.7. The molecule has 19 heavy (non-hydrogen) atoms. The van der Waals surface area contributed by atoms with Gasteiger partial charge in [-0.15, -0.1) is 0 Å². The van der Waals surface area contributed by atoms with Crippen molar-refractivity contribution in [2.75, 3.05) is 32.8 Å². The molecule has 1 fully saturated rings. The van der Waals surface area contributed by atoms with E-state index in [2.05, 4.69) is 25.7 Å². The van der Waals surface area contributed by atoms with Crippen molar-refractivity contribution in [2.24, 2.45) is 5.41 Å². The fourth-order valence-electron chi connectivity index (χ4n) is 1.54. The Morgan fingerprint density at radius 1 is 1.05 bits per heavy atom. The van der Waals surface area contributed by atoms with Crippen LogP contribution in [-0.2, 0) is 14.3 Å². The molecule has 0 saturated carbocycles. The van der Waals surface area contributed by atoms with Gasteiger partial charge in [-0.2, -0.15) is 0 Å². The van der Waals surface area contributed by atoms with Crippen LogP contribution in [0, 0.1) is 5.41 Å². The first-order valence-corrected chi connectivity index (χ1v) is 6.94. The Bertz CT molecular complexity index is 259. The molecule has 114 valence electrons.